The summed E-state index contributed by atoms with van der Waals surface area (Å²) in [6.07, 6.45) is 2.14. The lowest BCUT2D eigenvalue weighted by atomic mass is 10.2. The first kappa shape index (κ1) is 14.0. The molecule has 1 aromatic heterocycles. The molecule has 4 N–H and O–H groups in total. The van der Waals surface area contributed by atoms with Crippen LogP contribution in [0.5, 0.6) is 0 Å². The van der Waals surface area contributed by atoms with E-state index in [0.29, 0.717) is 5.82 Å². The quantitative estimate of drug-likeness (QED) is 0.542. The predicted molar refractivity (Wildman–Crippen MR) is 61.7 cm³/mol. The van der Waals surface area contributed by atoms with E-state index in [1.807, 2.05) is 0 Å². The van der Waals surface area contributed by atoms with E-state index in [4.69, 9.17) is 5.11 Å². The van der Waals surface area contributed by atoms with Gasteiger partial charge in [0.2, 0.25) is 0 Å². The third-order valence-electron chi connectivity index (χ3n) is 2.36. The topological polar surface area (TPSA) is 116 Å². The number of aliphatic carboxylic acids is 1. The molecule has 2 atom stereocenters. The first-order chi connectivity index (χ1) is 8.41. The van der Waals surface area contributed by atoms with Gasteiger partial charge in [-0.2, -0.15) is 0 Å². The molecule has 2 amide bonds. The standard InChI is InChI=1S/C10H16N4O4/c1-6(15)8(9(16)17)13-10(18)12-5-7-11-3-4-14(7)2/h3-4,6,8,15H,5H2,1-2H3,(H,16,17)(H2,12,13,18)/t6-,8+/m1/s1. The van der Waals surface area contributed by atoms with Gasteiger partial charge in [0.15, 0.2) is 6.04 Å². The molecule has 0 aromatic carbocycles. The van der Waals surface area contributed by atoms with E-state index in [0.717, 1.165) is 0 Å². The molecule has 100 valence electrons. The number of amides is 2. The number of carbonyl (C=O) groups excluding carboxylic acids is 1. The fourth-order valence-corrected chi connectivity index (χ4v) is 1.31. The molecular formula is C10H16N4O4. The van der Waals surface area contributed by atoms with Crippen molar-refractivity contribution >= 4 is 12.0 Å². The molecule has 8 heteroatoms. The van der Waals surface area contributed by atoms with Crippen LogP contribution in [0.4, 0.5) is 4.79 Å². The molecule has 0 spiro atoms. The fraction of sp³-hybridized carbons (Fsp3) is 0.500. The molecule has 1 heterocycles. The van der Waals surface area contributed by atoms with Crippen molar-refractivity contribution in [1.82, 2.24) is 20.2 Å². The molecule has 0 aliphatic heterocycles. The van der Waals surface area contributed by atoms with Gasteiger partial charge in [0, 0.05) is 19.4 Å². The number of hydrogen-bond acceptors (Lipinski definition) is 4. The van der Waals surface area contributed by atoms with E-state index in [1.54, 1.807) is 24.0 Å². The zero-order chi connectivity index (χ0) is 13.7. The van der Waals surface area contributed by atoms with Gasteiger partial charge in [-0.1, -0.05) is 0 Å². The third kappa shape index (κ3) is 3.74. The average Bonchev–Trinajstić information content (AvgIpc) is 2.68. The molecular weight excluding hydrogens is 240 g/mol. The smallest absolute Gasteiger partial charge is 0.328 e. The lowest BCUT2D eigenvalue weighted by molar-refractivity contribution is -0.141. The zero-order valence-electron chi connectivity index (χ0n) is 10.1. The molecule has 0 saturated carbocycles. The van der Waals surface area contributed by atoms with Crippen LogP contribution >= 0.6 is 0 Å². The Morgan fingerprint density at radius 2 is 2.22 bits per heavy atom. The summed E-state index contributed by atoms with van der Waals surface area (Å²) in [5.74, 6) is -0.661. The van der Waals surface area contributed by atoms with Crippen LogP contribution in [0.1, 0.15) is 12.7 Å². The number of carboxylic acids is 1. The van der Waals surface area contributed by atoms with E-state index >= 15 is 0 Å². The Balaban J connectivity index is 2.46. The number of nitrogens with one attached hydrogen (secondary N) is 2. The second-order valence-electron chi connectivity index (χ2n) is 3.84. The number of rotatable bonds is 5. The highest BCUT2D eigenvalue weighted by atomic mass is 16.4. The fourth-order valence-electron chi connectivity index (χ4n) is 1.31. The molecule has 0 radical (unpaired) electrons. The number of urea groups is 1. The molecule has 0 aliphatic carbocycles. The summed E-state index contributed by atoms with van der Waals surface area (Å²) in [5.41, 5.74) is 0. The van der Waals surface area contributed by atoms with Gasteiger partial charge in [-0.05, 0) is 6.92 Å². The molecule has 1 rings (SSSR count). The SMILES string of the molecule is C[C@@H](O)[C@H](NC(=O)NCc1nccn1C)C(=O)O. The number of aromatic nitrogens is 2. The Hall–Kier alpha value is -2.09. The van der Waals surface area contributed by atoms with Gasteiger partial charge in [0.05, 0.1) is 12.6 Å². The van der Waals surface area contributed by atoms with Crippen LogP contribution in [0.3, 0.4) is 0 Å². The number of aliphatic hydroxyl groups is 1. The minimum absolute atomic E-state index is 0.168. The molecule has 8 nitrogen and oxygen atoms in total. The van der Waals surface area contributed by atoms with Crippen LogP contribution in [0.25, 0.3) is 0 Å². The number of imidazole rings is 1. The van der Waals surface area contributed by atoms with Crippen LogP contribution in [0.2, 0.25) is 0 Å². The van der Waals surface area contributed by atoms with Crippen molar-refractivity contribution in [2.24, 2.45) is 7.05 Å². The van der Waals surface area contributed by atoms with Crippen molar-refractivity contribution in [3.8, 4) is 0 Å². The van der Waals surface area contributed by atoms with Gasteiger partial charge in [-0.25, -0.2) is 14.6 Å². The molecule has 1 aromatic rings. The lowest BCUT2D eigenvalue weighted by Crippen LogP contribution is -2.51. The Morgan fingerprint density at radius 1 is 1.56 bits per heavy atom. The van der Waals surface area contributed by atoms with Gasteiger partial charge >= 0.3 is 12.0 Å². The van der Waals surface area contributed by atoms with E-state index in [9.17, 15) is 14.7 Å². The minimum atomic E-state index is -1.34. The third-order valence-corrected chi connectivity index (χ3v) is 2.36. The Bertz CT molecular complexity index is 429. The van der Waals surface area contributed by atoms with Crippen molar-refractivity contribution in [1.29, 1.82) is 0 Å². The van der Waals surface area contributed by atoms with Crippen LogP contribution in [-0.4, -0.2) is 43.9 Å². The molecule has 0 bridgehead atoms. The molecule has 18 heavy (non-hydrogen) atoms. The summed E-state index contributed by atoms with van der Waals surface area (Å²) < 4.78 is 1.73. The van der Waals surface area contributed by atoms with Gasteiger partial charge in [-0.15, -0.1) is 0 Å². The number of aryl methyl sites for hydroxylation is 1. The summed E-state index contributed by atoms with van der Waals surface area (Å²) in [7, 11) is 1.78. The van der Waals surface area contributed by atoms with Crippen LogP contribution < -0.4 is 10.6 Å². The van der Waals surface area contributed by atoms with Crippen molar-refractivity contribution in [3.63, 3.8) is 0 Å². The first-order valence-corrected chi connectivity index (χ1v) is 5.33. The van der Waals surface area contributed by atoms with Gasteiger partial charge in [0.1, 0.15) is 5.82 Å². The largest absolute Gasteiger partial charge is 0.480 e. The monoisotopic (exact) mass is 256 g/mol. The summed E-state index contributed by atoms with van der Waals surface area (Å²) >= 11 is 0. The summed E-state index contributed by atoms with van der Waals surface area (Å²) in [4.78, 5) is 26.2. The zero-order valence-corrected chi connectivity index (χ0v) is 10.1. The number of hydrogen-bond donors (Lipinski definition) is 4. The van der Waals surface area contributed by atoms with Crippen LogP contribution in [0, 0.1) is 0 Å². The maximum Gasteiger partial charge on any atom is 0.328 e. The summed E-state index contributed by atoms with van der Waals surface area (Å²) in [6.45, 7) is 1.46. The van der Waals surface area contributed by atoms with Crippen molar-refractivity contribution < 1.29 is 19.8 Å². The van der Waals surface area contributed by atoms with E-state index in [1.165, 1.54) is 6.92 Å². The minimum Gasteiger partial charge on any atom is -0.480 e. The van der Waals surface area contributed by atoms with Gasteiger partial charge in [-0.3, -0.25) is 0 Å². The number of nitrogens with zero attached hydrogens (tertiary/aromatic N) is 2. The highest BCUT2D eigenvalue weighted by molar-refractivity contribution is 5.82. The highest BCUT2D eigenvalue weighted by Gasteiger charge is 2.24. The number of carboxylic acid groups (broad SMARTS) is 1. The first-order valence-electron chi connectivity index (χ1n) is 5.33. The Labute approximate surface area is 104 Å². The van der Waals surface area contributed by atoms with Gasteiger partial charge in [0.25, 0.3) is 0 Å². The maximum absolute atomic E-state index is 11.4. The maximum atomic E-state index is 11.4. The van der Waals surface area contributed by atoms with Crippen molar-refractivity contribution in [2.75, 3.05) is 0 Å². The summed E-state index contributed by atoms with van der Waals surface area (Å²) in [5, 5.41) is 22.6. The highest BCUT2D eigenvalue weighted by Crippen LogP contribution is 1.95. The van der Waals surface area contributed by atoms with E-state index < -0.39 is 24.1 Å². The molecule has 0 fully saturated rings. The molecule has 0 saturated heterocycles. The predicted octanol–water partition coefficient (Wildman–Crippen LogP) is -0.947. The lowest BCUT2D eigenvalue weighted by Gasteiger charge is -2.17. The average molecular weight is 256 g/mol. The molecule has 0 unspecified atom stereocenters. The Morgan fingerprint density at radius 3 is 2.67 bits per heavy atom. The van der Waals surface area contributed by atoms with E-state index in [2.05, 4.69) is 15.6 Å². The molecule has 0 aliphatic rings. The van der Waals surface area contributed by atoms with E-state index in [-0.39, 0.29) is 6.54 Å². The van der Waals surface area contributed by atoms with Gasteiger partial charge < -0.3 is 25.4 Å². The number of aliphatic hydroxyl groups excluding tert-OH is 1. The van der Waals surface area contributed by atoms with Crippen LogP contribution in [0.15, 0.2) is 12.4 Å². The second kappa shape index (κ2) is 6.01. The van der Waals surface area contributed by atoms with Crippen molar-refractivity contribution in [2.45, 2.75) is 25.6 Å². The van der Waals surface area contributed by atoms with Crippen LogP contribution in [-0.2, 0) is 18.4 Å². The Kier molecular flexibility index (Phi) is 4.67. The van der Waals surface area contributed by atoms with Crippen molar-refractivity contribution in [3.05, 3.63) is 18.2 Å². The summed E-state index contributed by atoms with van der Waals surface area (Å²) in [6, 6.07) is -2.02. The second-order valence-corrected chi connectivity index (χ2v) is 3.84. The normalized spacial score (nSPS) is 13.7. The number of carbonyl (C=O) groups is 2.